The van der Waals surface area contributed by atoms with Crippen molar-refractivity contribution >= 4 is 22.8 Å². The predicted molar refractivity (Wildman–Crippen MR) is 116 cm³/mol. The molecule has 1 atom stereocenters. The molecule has 0 fully saturated rings. The number of hydrogen-bond donors (Lipinski definition) is 0. The van der Waals surface area contributed by atoms with Crippen LogP contribution in [0.1, 0.15) is 43.6 Å². The molecule has 0 radical (unpaired) electrons. The molecule has 0 unspecified atom stereocenters. The minimum atomic E-state index is -0.662. The van der Waals surface area contributed by atoms with Crippen molar-refractivity contribution in [2.24, 2.45) is 0 Å². The van der Waals surface area contributed by atoms with Crippen LogP contribution in [0.25, 0.3) is 11.0 Å². The van der Waals surface area contributed by atoms with E-state index >= 15 is 0 Å². The summed E-state index contributed by atoms with van der Waals surface area (Å²) in [4.78, 5) is 44.4. The number of hydrogen-bond acceptors (Lipinski definition) is 6. The number of esters is 1. The lowest BCUT2D eigenvalue weighted by Crippen LogP contribution is -2.29. The highest BCUT2D eigenvalue weighted by atomic mass is 16.5. The maximum atomic E-state index is 13.4. The Labute approximate surface area is 182 Å². The minimum absolute atomic E-state index is 0.0413. The molecule has 0 N–H and O–H groups in total. The first-order valence-electron chi connectivity index (χ1n) is 10.0. The summed E-state index contributed by atoms with van der Waals surface area (Å²) in [6, 6.07) is 16.6. The minimum Gasteiger partial charge on any atom is -0.465 e. The van der Waals surface area contributed by atoms with Crippen LogP contribution in [0, 0.1) is 0 Å². The monoisotopic (exact) mass is 426 g/mol. The molecule has 4 aromatic rings. The zero-order valence-corrected chi connectivity index (χ0v) is 17.1. The smallest absolute Gasteiger partial charge is 0.337 e. The van der Waals surface area contributed by atoms with Crippen LogP contribution in [-0.4, -0.2) is 28.9 Å². The molecule has 32 heavy (non-hydrogen) atoms. The van der Waals surface area contributed by atoms with Gasteiger partial charge in [0.25, 0.3) is 5.91 Å². The van der Waals surface area contributed by atoms with Crippen LogP contribution in [0.4, 0.5) is 0 Å². The molecule has 7 heteroatoms. The van der Waals surface area contributed by atoms with Gasteiger partial charge in [0.05, 0.1) is 29.7 Å². The molecule has 0 bridgehead atoms. The highest BCUT2D eigenvalue weighted by Crippen LogP contribution is 2.39. The fraction of sp³-hybridized carbons (Fsp3) is 0.120. The maximum absolute atomic E-state index is 13.4. The van der Waals surface area contributed by atoms with Gasteiger partial charge in [0.2, 0.25) is 5.76 Å². The Balaban J connectivity index is 1.68. The van der Waals surface area contributed by atoms with E-state index in [-0.39, 0.29) is 23.6 Å². The lowest BCUT2D eigenvalue weighted by atomic mass is 9.97. The lowest BCUT2D eigenvalue weighted by Gasteiger charge is -2.25. The van der Waals surface area contributed by atoms with E-state index in [9.17, 15) is 14.4 Å². The maximum Gasteiger partial charge on any atom is 0.337 e. The van der Waals surface area contributed by atoms with E-state index in [0.717, 1.165) is 5.56 Å². The van der Waals surface area contributed by atoms with Crippen molar-refractivity contribution in [3.63, 3.8) is 0 Å². The first kappa shape index (κ1) is 19.7. The number of fused-ring (bicyclic) bond motifs is 2. The summed E-state index contributed by atoms with van der Waals surface area (Å²) in [5.74, 6) is -0.787. The van der Waals surface area contributed by atoms with E-state index in [2.05, 4.69) is 4.98 Å². The van der Waals surface area contributed by atoms with Crippen molar-refractivity contribution in [2.75, 3.05) is 7.11 Å². The molecule has 1 amide bonds. The highest BCUT2D eigenvalue weighted by Gasteiger charge is 2.42. The number of pyridine rings is 1. The van der Waals surface area contributed by atoms with Gasteiger partial charge in [-0.1, -0.05) is 30.3 Å². The number of methoxy groups -OCH3 is 1. The Hall–Kier alpha value is -4.26. The Morgan fingerprint density at radius 1 is 1.06 bits per heavy atom. The molecule has 1 aliphatic rings. The second-order valence-electron chi connectivity index (χ2n) is 7.48. The van der Waals surface area contributed by atoms with Crippen LogP contribution in [-0.2, 0) is 11.3 Å². The number of aromatic nitrogens is 1. The van der Waals surface area contributed by atoms with Gasteiger partial charge in [-0.25, -0.2) is 4.79 Å². The Kier molecular flexibility index (Phi) is 4.78. The van der Waals surface area contributed by atoms with E-state index in [4.69, 9.17) is 9.15 Å². The molecule has 1 aliphatic heterocycles. The standard InChI is InChI=1S/C25H18N2O5/c1-31-25(30)17-10-8-16(9-11-17)21-20-22(28)18-6-2-3-7-19(18)32-23(20)24(29)27(21)14-15-5-4-12-26-13-15/h2-13,21H,14H2,1H3/t21-/m1/s1. The molecule has 158 valence electrons. The fourth-order valence-corrected chi connectivity index (χ4v) is 4.08. The van der Waals surface area contributed by atoms with E-state index in [0.29, 0.717) is 27.7 Å². The van der Waals surface area contributed by atoms with Crippen molar-refractivity contribution in [1.82, 2.24) is 9.88 Å². The molecule has 0 aliphatic carbocycles. The van der Waals surface area contributed by atoms with Gasteiger partial charge in [0.15, 0.2) is 5.43 Å². The van der Waals surface area contributed by atoms with Gasteiger partial charge < -0.3 is 14.1 Å². The van der Waals surface area contributed by atoms with Crippen LogP contribution in [0.5, 0.6) is 0 Å². The topological polar surface area (TPSA) is 89.7 Å². The zero-order chi connectivity index (χ0) is 22.2. The summed E-state index contributed by atoms with van der Waals surface area (Å²) in [7, 11) is 1.31. The van der Waals surface area contributed by atoms with Crippen molar-refractivity contribution in [3.05, 3.63) is 111 Å². The summed E-state index contributed by atoms with van der Waals surface area (Å²) in [5.41, 5.74) is 2.31. The third-order valence-electron chi connectivity index (χ3n) is 5.60. The molecule has 2 aromatic carbocycles. The largest absolute Gasteiger partial charge is 0.465 e. The number of rotatable bonds is 4. The molecule has 7 nitrogen and oxygen atoms in total. The first-order chi connectivity index (χ1) is 15.6. The van der Waals surface area contributed by atoms with Crippen molar-refractivity contribution in [3.8, 4) is 0 Å². The van der Waals surface area contributed by atoms with Crippen molar-refractivity contribution < 1.29 is 18.7 Å². The van der Waals surface area contributed by atoms with E-state index in [1.165, 1.54) is 7.11 Å². The fourth-order valence-electron chi connectivity index (χ4n) is 4.08. The summed E-state index contributed by atoms with van der Waals surface area (Å²) in [5, 5.41) is 0.415. The summed E-state index contributed by atoms with van der Waals surface area (Å²) < 4.78 is 10.7. The van der Waals surface area contributed by atoms with E-state index < -0.39 is 12.0 Å². The number of carbonyl (C=O) groups excluding carboxylic acids is 2. The number of benzene rings is 2. The number of carbonyl (C=O) groups is 2. The number of para-hydroxylation sites is 1. The van der Waals surface area contributed by atoms with Gasteiger partial charge in [-0.3, -0.25) is 14.6 Å². The number of amides is 1. The average Bonchev–Trinajstić information content (AvgIpc) is 3.11. The molecule has 0 spiro atoms. The van der Waals surface area contributed by atoms with Crippen LogP contribution >= 0.6 is 0 Å². The molecular weight excluding hydrogens is 408 g/mol. The molecule has 0 saturated carbocycles. The SMILES string of the molecule is COC(=O)c1ccc([C@@H]2c3c(oc4ccccc4c3=O)C(=O)N2Cc2cccnc2)cc1. The Bertz CT molecular complexity index is 1390. The zero-order valence-electron chi connectivity index (χ0n) is 17.1. The number of ether oxygens (including phenoxy) is 1. The molecule has 0 saturated heterocycles. The van der Waals surface area contributed by atoms with E-state index in [1.807, 2.05) is 6.07 Å². The highest BCUT2D eigenvalue weighted by molar-refractivity contribution is 5.99. The van der Waals surface area contributed by atoms with Crippen molar-refractivity contribution in [2.45, 2.75) is 12.6 Å². The summed E-state index contributed by atoms with van der Waals surface area (Å²) >= 11 is 0. The summed E-state index contributed by atoms with van der Waals surface area (Å²) in [6.07, 6.45) is 3.34. The normalized spacial score (nSPS) is 15.1. The van der Waals surface area contributed by atoms with Gasteiger partial charge >= 0.3 is 5.97 Å². The van der Waals surface area contributed by atoms with Gasteiger partial charge in [0, 0.05) is 18.9 Å². The van der Waals surface area contributed by atoms with Crippen molar-refractivity contribution in [1.29, 1.82) is 0 Å². The average molecular weight is 426 g/mol. The van der Waals surface area contributed by atoms with E-state index in [1.54, 1.807) is 71.9 Å². The number of nitrogens with zero attached hydrogens (tertiary/aromatic N) is 2. The third-order valence-corrected chi connectivity index (χ3v) is 5.60. The van der Waals surface area contributed by atoms with Gasteiger partial charge in [-0.15, -0.1) is 0 Å². The third kappa shape index (κ3) is 3.15. The molecular formula is C25H18N2O5. The van der Waals surface area contributed by atoms with Crippen LogP contribution in [0.2, 0.25) is 0 Å². The van der Waals surface area contributed by atoms with Crippen LogP contribution in [0.15, 0.2) is 82.3 Å². The second kappa shape index (κ2) is 7.77. The van der Waals surface area contributed by atoms with Gasteiger partial charge in [-0.05, 0) is 41.5 Å². The predicted octanol–water partition coefficient (Wildman–Crippen LogP) is 3.72. The lowest BCUT2D eigenvalue weighted by molar-refractivity contribution is 0.0599. The van der Waals surface area contributed by atoms with Crippen LogP contribution < -0.4 is 5.43 Å². The molecule has 2 aromatic heterocycles. The van der Waals surface area contributed by atoms with Gasteiger partial charge in [0.1, 0.15) is 5.58 Å². The summed E-state index contributed by atoms with van der Waals surface area (Å²) in [6.45, 7) is 0.246. The first-order valence-corrected chi connectivity index (χ1v) is 10.0. The quantitative estimate of drug-likeness (QED) is 0.462. The molecule has 3 heterocycles. The van der Waals surface area contributed by atoms with Crippen LogP contribution in [0.3, 0.4) is 0 Å². The second-order valence-corrected chi connectivity index (χ2v) is 7.48. The van der Waals surface area contributed by atoms with Gasteiger partial charge in [-0.2, -0.15) is 0 Å². The molecule has 5 rings (SSSR count). The Morgan fingerprint density at radius 2 is 1.84 bits per heavy atom. The Morgan fingerprint density at radius 3 is 2.56 bits per heavy atom.